The first-order valence-electron chi connectivity index (χ1n) is 37.5. The third kappa shape index (κ3) is 26.4. The molecule has 120 heavy (non-hydrogen) atoms. The molecule has 7 unspecified atom stereocenters. The Labute approximate surface area is 725 Å². The molecule has 9 N–H and O–H groups in total. The van der Waals surface area contributed by atoms with Crippen LogP contribution in [-0.2, 0) is 112 Å². The third-order valence-electron chi connectivity index (χ3n) is 19.6. The van der Waals surface area contributed by atoms with Gasteiger partial charge in [-0.1, -0.05) is 113 Å². The molecule has 7 atom stereocenters. The predicted octanol–water partition coefficient (Wildman–Crippen LogP) is 6.20. The lowest BCUT2D eigenvalue weighted by Gasteiger charge is -2.33. The lowest BCUT2D eigenvalue weighted by Crippen LogP contribution is -2.47. The number of nitrogens with two attached hydrogens (primary N) is 1. The van der Waals surface area contributed by atoms with E-state index in [1.165, 1.54) is 6.07 Å². The van der Waals surface area contributed by atoms with Crippen molar-refractivity contribution in [2.24, 2.45) is 5.73 Å². The molecule has 6 aromatic carbocycles. The van der Waals surface area contributed by atoms with Crippen LogP contribution in [0.4, 0.5) is 0 Å². The fourth-order valence-corrected chi connectivity index (χ4v) is 18.8. The second kappa shape index (κ2) is 44.9. The zero-order chi connectivity index (χ0) is 86.8. The molecule has 0 saturated carbocycles. The van der Waals surface area contributed by atoms with Gasteiger partial charge in [0.25, 0.3) is 29.5 Å². The summed E-state index contributed by atoms with van der Waals surface area (Å²) in [5.74, 6) is -8.83. The number of nitrogens with zero attached hydrogens (tertiary/aromatic N) is 5. The van der Waals surface area contributed by atoms with Crippen LogP contribution in [-0.4, -0.2) is 255 Å². The Balaban J connectivity index is 0.000000270. The maximum Gasteiger partial charge on any atom is 0.364 e. The average molecular weight is 1850 g/mol. The van der Waals surface area contributed by atoms with E-state index < -0.39 is 102 Å². The minimum atomic E-state index is -3.90. The molecular weight excluding hydrogens is 1750 g/mol. The largest absolute Gasteiger partial charge is 0.382 e. The number of rotatable bonds is 35. The van der Waals surface area contributed by atoms with Crippen molar-refractivity contribution in [3.63, 3.8) is 0 Å². The van der Waals surface area contributed by atoms with Gasteiger partial charge in [0, 0.05) is 159 Å². The molecule has 0 aliphatic carbocycles. The number of aliphatic hydroxyl groups is 4. The summed E-state index contributed by atoms with van der Waals surface area (Å²) < 4.78 is 99.5. The molecule has 5 heterocycles. The first-order chi connectivity index (χ1) is 56.4. The highest BCUT2D eigenvalue weighted by molar-refractivity contribution is 7.91. The van der Waals surface area contributed by atoms with Gasteiger partial charge in [-0.15, -0.1) is 10.1 Å². The van der Waals surface area contributed by atoms with Crippen LogP contribution in [0.2, 0.25) is 30.1 Å². The summed E-state index contributed by atoms with van der Waals surface area (Å²) in [6, 6.07) is 31.4. The van der Waals surface area contributed by atoms with E-state index in [4.69, 9.17) is 89.5 Å². The first kappa shape index (κ1) is 98.2. The van der Waals surface area contributed by atoms with E-state index in [-0.39, 0.29) is 153 Å². The number of sulfone groups is 1. The van der Waals surface area contributed by atoms with Gasteiger partial charge in [-0.3, -0.25) is 28.8 Å². The Morgan fingerprint density at radius 2 is 0.817 bits per heavy atom. The molecule has 0 radical (unpaired) electrons. The van der Waals surface area contributed by atoms with Crippen LogP contribution in [0.3, 0.4) is 0 Å². The number of carbonyl (C=O) groups is 8. The molecule has 5 amide bonds. The number of halogens is 6. The van der Waals surface area contributed by atoms with Crippen molar-refractivity contribution in [1.82, 2.24) is 39.6 Å². The number of fused-ring (bicyclic) bond motifs is 3. The number of amides is 5. The molecule has 0 spiro atoms. The molecule has 32 nitrogen and oxygen atoms in total. The number of likely N-dealkylation sites (N-methyl/N-ethyl adjacent to an activating group) is 3. The number of aliphatic hydroxyl groups excluding tert-OH is 4. The van der Waals surface area contributed by atoms with E-state index in [1.54, 1.807) is 66.7 Å². The van der Waals surface area contributed by atoms with Gasteiger partial charge in [0.2, 0.25) is 20.0 Å². The minimum absolute atomic E-state index is 0. The molecule has 2 fully saturated rings. The Hall–Kier alpha value is -7.25. The molecule has 0 aromatic heterocycles. The first-order valence-corrected chi connectivity index (χ1v) is 44.4. The van der Waals surface area contributed by atoms with Gasteiger partial charge in [-0.05, 0) is 157 Å². The second-order valence-electron chi connectivity index (χ2n) is 28.6. The van der Waals surface area contributed by atoms with E-state index in [1.807, 2.05) is 57.5 Å². The van der Waals surface area contributed by atoms with Crippen molar-refractivity contribution >= 4 is 147 Å². The van der Waals surface area contributed by atoms with E-state index in [0.717, 1.165) is 63.2 Å². The zero-order valence-corrected chi connectivity index (χ0v) is 71.7. The van der Waals surface area contributed by atoms with Crippen LogP contribution in [0.5, 0.6) is 0 Å². The van der Waals surface area contributed by atoms with E-state index in [0.29, 0.717) is 69.5 Å². The summed E-state index contributed by atoms with van der Waals surface area (Å²) in [6.45, 7) is 5.36. The average Bonchev–Trinajstić information content (AvgIpc) is 0.912. The van der Waals surface area contributed by atoms with Crippen LogP contribution < -0.4 is 20.5 Å². The molecular formula is C79H95Cl6N9O23S3. The molecule has 5 aliphatic rings. The van der Waals surface area contributed by atoms with Crippen molar-refractivity contribution in [3.05, 3.63) is 189 Å². The molecule has 11 rings (SSSR count). The molecule has 654 valence electrons. The quantitative estimate of drug-likeness (QED) is 0.0162. The summed E-state index contributed by atoms with van der Waals surface area (Å²) in [5.41, 5.74) is 13.8. The number of ether oxygens (including phenoxy) is 3. The highest BCUT2D eigenvalue weighted by Gasteiger charge is 2.42. The number of hydrogen-bond donors (Lipinski definition) is 8. The molecule has 2 saturated heterocycles. The fraction of sp³-hybridized carbons (Fsp3) is 0.443. The highest BCUT2D eigenvalue weighted by Crippen LogP contribution is 2.43. The van der Waals surface area contributed by atoms with Crippen molar-refractivity contribution < 1.29 is 108 Å². The topological polar surface area (TPSA) is 444 Å². The summed E-state index contributed by atoms with van der Waals surface area (Å²) in [5, 5.41) is 45.6. The van der Waals surface area contributed by atoms with Crippen molar-refractivity contribution in [1.29, 1.82) is 0 Å². The smallest absolute Gasteiger partial charge is 0.364 e. The number of sulfonamides is 2. The fourth-order valence-electron chi connectivity index (χ4n) is 13.7. The normalized spacial score (nSPS) is 18.0. The number of imide groups is 2. The number of hydrogen-bond acceptors (Lipinski definition) is 27. The van der Waals surface area contributed by atoms with Crippen LogP contribution in [0.1, 0.15) is 120 Å². The lowest BCUT2D eigenvalue weighted by atomic mass is 9.85. The summed E-state index contributed by atoms with van der Waals surface area (Å²) >= 11 is 38.3. The Bertz CT molecular complexity index is 4820. The SMILES string of the molecule is C.CN1Cc2c(Cl)cc(Cl)cc2C(c2cccc(S(=O)(=O)CCCOCCCC(=O)C(O)C(O)C(=O)NCCOCCNS(=O)(=O)c3cccc(C4CN(C)Cc5c(Cl)cc(Cl)cc54)c3)c2)C1.CN1Cc2c(Cl)cc(Cl)cc2C(c2cccc(S(=O)(=O)NCCOCCN)c2)C1.O=C(ON1C(=O)CCC1=O)C(O)C(O)C(=O)ON1C(=O)CCC1=O. The summed E-state index contributed by atoms with van der Waals surface area (Å²) in [7, 11) is -5.22. The van der Waals surface area contributed by atoms with Gasteiger partial charge in [0.15, 0.2) is 33.9 Å². The third-order valence-corrected chi connectivity index (χ3v) is 26.0. The number of hydroxylamine groups is 4. The van der Waals surface area contributed by atoms with Crippen molar-refractivity contribution in [2.45, 2.75) is 129 Å². The number of nitrogens with one attached hydrogen (secondary N) is 3. The number of carbonyl (C=O) groups excluding carboxylic acids is 8. The molecule has 41 heteroatoms. The highest BCUT2D eigenvalue weighted by atomic mass is 35.5. The Morgan fingerprint density at radius 3 is 1.21 bits per heavy atom. The van der Waals surface area contributed by atoms with Crippen molar-refractivity contribution in [2.75, 3.05) is 112 Å². The van der Waals surface area contributed by atoms with Crippen LogP contribution in [0.15, 0.2) is 124 Å². The Morgan fingerprint density at radius 1 is 0.467 bits per heavy atom. The number of Topliss-reactive ketones (excluding diaryl/α,β-unsaturated/α-hetero) is 1. The van der Waals surface area contributed by atoms with E-state index >= 15 is 0 Å². The Kier molecular flexibility index (Phi) is 36.7. The van der Waals surface area contributed by atoms with Gasteiger partial charge in [0.1, 0.15) is 6.10 Å². The second-order valence-corrected chi connectivity index (χ2v) is 36.7. The molecule has 5 aliphatic heterocycles. The standard InChI is InChI=1S/C46H54Cl4N4O10S2.C20H25Cl2N3O3S.C12H12N2O10.CH4/c1-53-25-37(35-21-31(47)23-41(49)39(35)27-53)29-7-3-9-33(19-29)65(59,60)18-6-15-63-14-5-11-43(55)44(56)45(57)46(58)51-12-16-64-17-13-52-66(61,62)34-10-4-8-30(20-34)38-26-54(2)28-40-36(38)22-32(48)24-42(40)50;1-25-12-18(17-10-15(21)11-20(22)19(17)13-25)14-3-2-4-16(9-14)29(26,27)24-6-8-28-7-5-23;15-5-1-2-6(16)13(5)23-11(21)9(19)10(20)12(22)24-14-7(17)3-4-8(14)18;/h3-4,7-10,19-24,37-38,44-45,52,56-57H,5-6,11-18,25-28H2,1-2H3,(H,51,58);2-4,9-11,18,24H,5-8,12-13,23H2,1H3;9-10,19-20H,1-4H2;1H4. The summed E-state index contributed by atoms with van der Waals surface area (Å²) in [6.07, 6.45) is -9.58. The monoisotopic (exact) mass is 1840 g/mol. The summed E-state index contributed by atoms with van der Waals surface area (Å²) in [4.78, 5) is 109. The predicted molar refractivity (Wildman–Crippen MR) is 444 cm³/mol. The molecule has 0 bridgehead atoms. The van der Waals surface area contributed by atoms with Gasteiger partial charge in [0.05, 0.1) is 46.9 Å². The van der Waals surface area contributed by atoms with Crippen LogP contribution in [0, 0.1) is 0 Å². The minimum Gasteiger partial charge on any atom is -0.382 e. The maximum atomic E-state index is 13.3. The van der Waals surface area contributed by atoms with Gasteiger partial charge < -0.3 is 70.1 Å². The lowest BCUT2D eigenvalue weighted by molar-refractivity contribution is -0.216. The van der Waals surface area contributed by atoms with Crippen LogP contribution in [0.25, 0.3) is 0 Å². The van der Waals surface area contributed by atoms with Crippen molar-refractivity contribution in [3.8, 4) is 0 Å². The zero-order valence-electron chi connectivity index (χ0n) is 64.8. The van der Waals surface area contributed by atoms with Gasteiger partial charge in [-0.25, -0.2) is 44.3 Å². The number of ketones is 1. The van der Waals surface area contributed by atoms with E-state index in [2.05, 4.69) is 39.1 Å². The maximum absolute atomic E-state index is 13.3. The van der Waals surface area contributed by atoms with Gasteiger partial charge >= 0.3 is 11.9 Å². The number of benzene rings is 6. The van der Waals surface area contributed by atoms with Crippen LogP contribution >= 0.6 is 69.6 Å². The van der Waals surface area contributed by atoms with E-state index in [9.17, 15) is 84.0 Å². The molecule has 6 aromatic rings. The van der Waals surface area contributed by atoms with Gasteiger partial charge in [-0.2, -0.15) is 0 Å².